The van der Waals surface area contributed by atoms with Crippen LogP contribution in [0.5, 0.6) is 0 Å². The Labute approximate surface area is 148 Å². The minimum absolute atomic E-state index is 0.0604. The molecule has 0 saturated carbocycles. The third kappa shape index (κ3) is 6.60. The van der Waals surface area contributed by atoms with Crippen LogP contribution in [0.3, 0.4) is 0 Å². The molecule has 1 aliphatic heterocycles. The molecule has 24 heavy (non-hydrogen) atoms. The van der Waals surface area contributed by atoms with Crippen molar-refractivity contribution < 1.29 is 23.1 Å². The molecule has 1 saturated heterocycles. The summed E-state index contributed by atoms with van der Waals surface area (Å²) >= 11 is 1.72. The Morgan fingerprint density at radius 2 is 1.88 bits per heavy atom. The summed E-state index contributed by atoms with van der Waals surface area (Å²) in [5.74, 6) is -0.129. The van der Waals surface area contributed by atoms with E-state index < -0.39 is 16.0 Å². The van der Waals surface area contributed by atoms with E-state index >= 15 is 0 Å². The van der Waals surface area contributed by atoms with Gasteiger partial charge in [0.25, 0.3) is 0 Å². The topological polar surface area (TPSA) is 95.0 Å². The van der Waals surface area contributed by atoms with E-state index in [-0.39, 0.29) is 24.2 Å². The van der Waals surface area contributed by atoms with E-state index in [1.165, 1.54) is 9.21 Å². The van der Waals surface area contributed by atoms with Crippen molar-refractivity contribution in [1.82, 2.24) is 9.21 Å². The zero-order valence-corrected chi connectivity index (χ0v) is 16.1. The van der Waals surface area contributed by atoms with Crippen LogP contribution in [-0.4, -0.2) is 78.0 Å². The fourth-order valence-corrected chi connectivity index (χ4v) is 4.47. The molecule has 0 spiro atoms. The molecule has 0 atom stereocenters. The molecule has 1 N–H and O–H groups in total. The number of carboxylic acid groups (broad SMARTS) is 1. The van der Waals surface area contributed by atoms with Crippen LogP contribution in [0.2, 0.25) is 0 Å². The summed E-state index contributed by atoms with van der Waals surface area (Å²) < 4.78 is 25.2. The Kier molecular flexibility index (Phi) is 9.07. The standard InChI is InChI=1S/C15H28N2O5S2/c1-3-24(21,22)16-9-7-13(8-10-16)17(12-15(19)20)14(18)6-4-5-11-23-2/h13H,3-12H2,1-2H3,(H,19,20). The molecule has 0 bridgehead atoms. The van der Waals surface area contributed by atoms with Crippen LogP contribution >= 0.6 is 11.8 Å². The van der Waals surface area contributed by atoms with E-state index in [4.69, 9.17) is 5.11 Å². The second kappa shape index (κ2) is 10.2. The summed E-state index contributed by atoms with van der Waals surface area (Å²) in [4.78, 5) is 24.9. The van der Waals surface area contributed by atoms with E-state index in [9.17, 15) is 18.0 Å². The normalized spacial score (nSPS) is 16.9. The number of piperidine rings is 1. The highest BCUT2D eigenvalue weighted by molar-refractivity contribution is 7.98. The first-order chi connectivity index (χ1) is 11.3. The third-order valence-corrected chi connectivity index (χ3v) is 6.82. The molecule has 7 nitrogen and oxygen atoms in total. The van der Waals surface area contributed by atoms with Crippen molar-refractivity contribution in [3.8, 4) is 0 Å². The molecule has 1 rings (SSSR count). The van der Waals surface area contributed by atoms with Crippen molar-refractivity contribution in [2.24, 2.45) is 0 Å². The van der Waals surface area contributed by atoms with Crippen LogP contribution < -0.4 is 0 Å². The van der Waals surface area contributed by atoms with E-state index in [1.54, 1.807) is 18.7 Å². The van der Waals surface area contributed by atoms with Crippen LogP contribution in [0.25, 0.3) is 0 Å². The Balaban J connectivity index is 2.63. The highest BCUT2D eigenvalue weighted by Gasteiger charge is 2.32. The summed E-state index contributed by atoms with van der Waals surface area (Å²) in [6.45, 7) is 1.98. The van der Waals surface area contributed by atoms with Gasteiger partial charge in [0.1, 0.15) is 6.54 Å². The van der Waals surface area contributed by atoms with Crippen LogP contribution in [0.4, 0.5) is 0 Å². The van der Waals surface area contributed by atoms with E-state index in [2.05, 4.69) is 0 Å². The van der Waals surface area contributed by atoms with Crippen molar-refractivity contribution in [3.05, 3.63) is 0 Å². The molecule has 1 fully saturated rings. The SMILES string of the molecule is CCS(=O)(=O)N1CCC(N(CC(=O)O)C(=O)CCCCSC)CC1. The Morgan fingerprint density at radius 1 is 1.25 bits per heavy atom. The molecule has 9 heteroatoms. The zero-order chi connectivity index (χ0) is 18.2. The van der Waals surface area contributed by atoms with Crippen LogP contribution in [0, 0.1) is 0 Å². The second-order valence-electron chi connectivity index (χ2n) is 5.90. The van der Waals surface area contributed by atoms with Crippen LogP contribution in [0.1, 0.15) is 39.0 Å². The number of thioether (sulfide) groups is 1. The molecular formula is C15H28N2O5S2. The maximum atomic E-state index is 12.4. The van der Waals surface area contributed by atoms with Gasteiger partial charge >= 0.3 is 5.97 Å². The van der Waals surface area contributed by atoms with E-state index in [0.29, 0.717) is 32.4 Å². The van der Waals surface area contributed by atoms with Crippen LogP contribution in [-0.2, 0) is 19.6 Å². The highest BCUT2D eigenvalue weighted by atomic mass is 32.2. The largest absolute Gasteiger partial charge is 0.480 e. The quantitative estimate of drug-likeness (QED) is 0.573. The van der Waals surface area contributed by atoms with Gasteiger partial charge in [-0.3, -0.25) is 9.59 Å². The summed E-state index contributed by atoms with van der Waals surface area (Å²) in [7, 11) is -3.22. The number of carboxylic acids is 1. The Hall–Kier alpha value is -0.800. The predicted octanol–water partition coefficient (Wildman–Crippen LogP) is 1.25. The fourth-order valence-electron chi connectivity index (χ4n) is 2.85. The highest BCUT2D eigenvalue weighted by Crippen LogP contribution is 2.20. The average molecular weight is 381 g/mol. The number of carbonyl (C=O) groups excluding carboxylic acids is 1. The molecule has 0 aromatic rings. The van der Waals surface area contributed by atoms with Crippen molar-refractivity contribution >= 4 is 33.7 Å². The first-order valence-electron chi connectivity index (χ1n) is 8.29. The average Bonchev–Trinajstić information content (AvgIpc) is 2.56. The Morgan fingerprint density at radius 3 is 2.38 bits per heavy atom. The smallest absolute Gasteiger partial charge is 0.323 e. The maximum absolute atomic E-state index is 12.4. The second-order valence-corrected chi connectivity index (χ2v) is 9.14. The number of unbranched alkanes of at least 4 members (excludes halogenated alkanes) is 1. The summed E-state index contributed by atoms with van der Waals surface area (Å²) in [5.41, 5.74) is 0. The van der Waals surface area contributed by atoms with Gasteiger partial charge in [-0.1, -0.05) is 0 Å². The number of nitrogens with zero attached hydrogens (tertiary/aromatic N) is 2. The molecule has 1 heterocycles. The predicted molar refractivity (Wildman–Crippen MR) is 95.6 cm³/mol. The summed E-state index contributed by atoms with van der Waals surface area (Å²) in [6.07, 6.45) is 5.02. The van der Waals surface area contributed by atoms with Gasteiger partial charge in [-0.05, 0) is 44.6 Å². The lowest BCUT2D eigenvalue weighted by Crippen LogP contribution is -2.50. The first kappa shape index (κ1) is 21.2. The first-order valence-corrected chi connectivity index (χ1v) is 11.3. The molecule has 0 radical (unpaired) electrons. The maximum Gasteiger partial charge on any atom is 0.323 e. The van der Waals surface area contributed by atoms with Gasteiger partial charge in [-0.15, -0.1) is 0 Å². The molecular weight excluding hydrogens is 352 g/mol. The van der Waals surface area contributed by atoms with Crippen molar-refractivity contribution in [2.45, 2.75) is 45.1 Å². The van der Waals surface area contributed by atoms with Gasteiger partial charge < -0.3 is 10.0 Å². The fraction of sp³-hybridized carbons (Fsp3) is 0.867. The number of aliphatic carboxylic acids is 1. The number of hydrogen-bond acceptors (Lipinski definition) is 5. The van der Waals surface area contributed by atoms with Crippen molar-refractivity contribution in [1.29, 1.82) is 0 Å². The van der Waals surface area contributed by atoms with Gasteiger partial charge in [0.2, 0.25) is 15.9 Å². The number of hydrogen-bond donors (Lipinski definition) is 1. The molecule has 1 aliphatic rings. The van der Waals surface area contributed by atoms with Gasteiger partial charge in [0.15, 0.2) is 0 Å². The van der Waals surface area contributed by atoms with Gasteiger partial charge in [0, 0.05) is 25.6 Å². The van der Waals surface area contributed by atoms with E-state index in [0.717, 1.165) is 18.6 Å². The zero-order valence-electron chi connectivity index (χ0n) is 14.4. The lowest BCUT2D eigenvalue weighted by atomic mass is 10.0. The van der Waals surface area contributed by atoms with Crippen molar-refractivity contribution in [2.75, 3.05) is 37.4 Å². The minimum Gasteiger partial charge on any atom is -0.480 e. The number of rotatable bonds is 10. The minimum atomic E-state index is -3.22. The number of sulfonamides is 1. The summed E-state index contributed by atoms with van der Waals surface area (Å²) in [6, 6.07) is -0.197. The number of carbonyl (C=O) groups is 2. The van der Waals surface area contributed by atoms with Crippen molar-refractivity contribution in [3.63, 3.8) is 0 Å². The van der Waals surface area contributed by atoms with Gasteiger partial charge in [-0.25, -0.2) is 12.7 Å². The molecule has 140 valence electrons. The Bertz CT molecular complexity index is 516. The lowest BCUT2D eigenvalue weighted by Gasteiger charge is -2.37. The van der Waals surface area contributed by atoms with Gasteiger partial charge in [0.05, 0.1) is 5.75 Å². The molecule has 0 aromatic heterocycles. The lowest BCUT2D eigenvalue weighted by molar-refractivity contribution is -0.146. The number of amides is 1. The molecule has 0 unspecified atom stereocenters. The van der Waals surface area contributed by atoms with Gasteiger partial charge in [-0.2, -0.15) is 11.8 Å². The van der Waals surface area contributed by atoms with E-state index in [1.807, 2.05) is 6.26 Å². The summed E-state index contributed by atoms with van der Waals surface area (Å²) in [5, 5.41) is 9.09. The molecule has 0 aromatic carbocycles. The molecule has 1 amide bonds. The third-order valence-electron chi connectivity index (χ3n) is 4.24. The van der Waals surface area contributed by atoms with Crippen LogP contribution in [0.15, 0.2) is 0 Å². The molecule has 0 aliphatic carbocycles. The monoisotopic (exact) mass is 380 g/mol.